The van der Waals surface area contributed by atoms with Crippen LogP contribution in [-0.2, 0) is 19.6 Å². The fourth-order valence-corrected chi connectivity index (χ4v) is 3.41. The molecule has 0 saturated carbocycles. The van der Waals surface area contributed by atoms with E-state index in [1.807, 2.05) is 52.9 Å². The highest BCUT2D eigenvalue weighted by atomic mass is 79.9. The van der Waals surface area contributed by atoms with Crippen LogP contribution >= 0.6 is 31.9 Å². The SMILES string of the molecule is CCn1cc(Br)c(CN(C)C(=O)c2cccc(Cn3cc(Br)cn3)c2)n1. The fourth-order valence-electron chi connectivity index (χ4n) is 2.64. The number of aryl methyl sites for hydroxylation is 1. The number of rotatable bonds is 6. The van der Waals surface area contributed by atoms with Gasteiger partial charge in [0, 0.05) is 31.5 Å². The van der Waals surface area contributed by atoms with Crippen LogP contribution in [0, 0.1) is 0 Å². The molecule has 3 rings (SSSR count). The number of nitrogens with zero attached hydrogens (tertiary/aromatic N) is 5. The molecule has 2 heterocycles. The number of halogens is 2. The van der Waals surface area contributed by atoms with E-state index in [4.69, 9.17) is 0 Å². The van der Waals surface area contributed by atoms with Crippen molar-refractivity contribution in [3.8, 4) is 0 Å². The molecule has 0 atom stereocenters. The molecule has 0 bridgehead atoms. The van der Waals surface area contributed by atoms with Crippen LogP contribution in [0.25, 0.3) is 0 Å². The minimum absolute atomic E-state index is 0.0357. The zero-order chi connectivity index (χ0) is 18.7. The van der Waals surface area contributed by atoms with Crippen LogP contribution in [0.4, 0.5) is 0 Å². The average Bonchev–Trinajstić information content (AvgIpc) is 3.19. The molecule has 0 aliphatic carbocycles. The van der Waals surface area contributed by atoms with Gasteiger partial charge >= 0.3 is 0 Å². The molecule has 0 N–H and O–H groups in total. The number of hydrogen-bond donors (Lipinski definition) is 0. The summed E-state index contributed by atoms with van der Waals surface area (Å²) in [6.07, 6.45) is 5.58. The second kappa shape index (κ2) is 8.18. The molecule has 0 unspecified atom stereocenters. The van der Waals surface area contributed by atoms with Gasteiger partial charge in [-0.3, -0.25) is 14.2 Å². The lowest BCUT2D eigenvalue weighted by Gasteiger charge is -2.17. The van der Waals surface area contributed by atoms with Crippen molar-refractivity contribution in [2.45, 2.75) is 26.6 Å². The number of benzene rings is 1. The van der Waals surface area contributed by atoms with Crippen LogP contribution < -0.4 is 0 Å². The van der Waals surface area contributed by atoms with Crippen LogP contribution in [0.1, 0.15) is 28.5 Å². The summed E-state index contributed by atoms with van der Waals surface area (Å²) in [5.74, 6) is -0.0357. The topological polar surface area (TPSA) is 56.0 Å². The van der Waals surface area contributed by atoms with E-state index < -0.39 is 0 Å². The molecule has 3 aromatic rings. The maximum absolute atomic E-state index is 12.8. The van der Waals surface area contributed by atoms with E-state index in [0.717, 1.165) is 26.7 Å². The number of amides is 1. The Morgan fingerprint density at radius 2 is 2.04 bits per heavy atom. The Kier molecular flexibility index (Phi) is 5.93. The van der Waals surface area contributed by atoms with Crippen LogP contribution in [-0.4, -0.2) is 37.4 Å². The molecule has 2 aromatic heterocycles. The van der Waals surface area contributed by atoms with Crippen molar-refractivity contribution in [2.75, 3.05) is 7.05 Å². The maximum Gasteiger partial charge on any atom is 0.253 e. The smallest absolute Gasteiger partial charge is 0.253 e. The quantitative estimate of drug-likeness (QED) is 0.536. The first-order valence-electron chi connectivity index (χ1n) is 8.20. The van der Waals surface area contributed by atoms with E-state index >= 15 is 0 Å². The Hall–Kier alpha value is -1.93. The van der Waals surface area contributed by atoms with Crippen molar-refractivity contribution in [2.24, 2.45) is 0 Å². The van der Waals surface area contributed by atoms with E-state index in [9.17, 15) is 4.79 Å². The van der Waals surface area contributed by atoms with Gasteiger partial charge in [0.15, 0.2) is 0 Å². The Bertz CT molecular complexity index is 918. The maximum atomic E-state index is 12.8. The largest absolute Gasteiger partial charge is 0.336 e. The van der Waals surface area contributed by atoms with Gasteiger partial charge in [0.2, 0.25) is 0 Å². The lowest BCUT2D eigenvalue weighted by molar-refractivity contribution is 0.0782. The van der Waals surface area contributed by atoms with Crippen LogP contribution in [0.2, 0.25) is 0 Å². The summed E-state index contributed by atoms with van der Waals surface area (Å²) < 4.78 is 5.52. The predicted molar refractivity (Wildman–Crippen MR) is 107 cm³/mol. The van der Waals surface area contributed by atoms with E-state index in [-0.39, 0.29) is 5.91 Å². The molecule has 0 radical (unpaired) electrons. The van der Waals surface area contributed by atoms with E-state index in [2.05, 4.69) is 42.1 Å². The highest BCUT2D eigenvalue weighted by Crippen LogP contribution is 2.18. The lowest BCUT2D eigenvalue weighted by Crippen LogP contribution is -2.26. The standard InChI is InChI=1S/C18H19Br2N5O/c1-3-24-11-16(20)17(22-24)12-23(2)18(26)14-6-4-5-13(7-14)9-25-10-15(19)8-21-25/h4-8,10-11H,3,9,12H2,1-2H3. The number of carbonyl (C=O) groups is 1. The highest BCUT2D eigenvalue weighted by molar-refractivity contribution is 9.10. The molecule has 0 fully saturated rings. The van der Waals surface area contributed by atoms with Gasteiger partial charge in [-0.1, -0.05) is 12.1 Å². The van der Waals surface area contributed by atoms with E-state index in [1.54, 1.807) is 18.1 Å². The Balaban J connectivity index is 1.72. The second-order valence-corrected chi connectivity index (χ2v) is 7.77. The summed E-state index contributed by atoms with van der Waals surface area (Å²) in [5.41, 5.74) is 2.53. The minimum atomic E-state index is -0.0357. The summed E-state index contributed by atoms with van der Waals surface area (Å²) in [6.45, 7) is 3.88. The van der Waals surface area contributed by atoms with Crippen molar-refractivity contribution < 1.29 is 4.79 Å². The third-order valence-electron chi connectivity index (χ3n) is 3.97. The molecular weight excluding hydrogens is 462 g/mol. The predicted octanol–water partition coefficient (Wildman–Crippen LogP) is 3.95. The monoisotopic (exact) mass is 479 g/mol. The molecule has 8 heteroatoms. The van der Waals surface area contributed by atoms with Crippen LogP contribution in [0.3, 0.4) is 0 Å². The van der Waals surface area contributed by atoms with Gasteiger partial charge in [-0.15, -0.1) is 0 Å². The lowest BCUT2D eigenvalue weighted by atomic mass is 10.1. The molecule has 1 aromatic carbocycles. The first-order valence-corrected chi connectivity index (χ1v) is 9.79. The summed E-state index contributed by atoms with van der Waals surface area (Å²) >= 11 is 6.90. The molecule has 136 valence electrons. The summed E-state index contributed by atoms with van der Waals surface area (Å²) in [5, 5.41) is 8.74. The third-order valence-corrected chi connectivity index (χ3v) is 5.04. The fraction of sp³-hybridized carbons (Fsp3) is 0.278. The van der Waals surface area contributed by atoms with Crippen LogP contribution in [0.15, 0.2) is 51.8 Å². The van der Waals surface area contributed by atoms with E-state index in [0.29, 0.717) is 18.7 Å². The normalized spacial score (nSPS) is 10.9. The summed E-state index contributed by atoms with van der Waals surface area (Å²) in [6, 6.07) is 7.64. The van der Waals surface area contributed by atoms with Crippen molar-refractivity contribution >= 4 is 37.8 Å². The van der Waals surface area contributed by atoms with Gasteiger partial charge in [-0.05, 0) is 56.5 Å². The van der Waals surface area contributed by atoms with Gasteiger partial charge in [0.25, 0.3) is 5.91 Å². The number of hydrogen-bond acceptors (Lipinski definition) is 3. The molecule has 1 amide bonds. The molecule has 0 saturated heterocycles. The highest BCUT2D eigenvalue weighted by Gasteiger charge is 2.16. The Morgan fingerprint density at radius 3 is 2.69 bits per heavy atom. The van der Waals surface area contributed by atoms with Crippen molar-refractivity contribution in [3.05, 3.63) is 68.6 Å². The molecule has 6 nitrogen and oxygen atoms in total. The van der Waals surface area contributed by atoms with Crippen molar-refractivity contribution in [1.29, 1.82) is 0 Å². The first kappa shape index (κ1) is 18.8. The van der Waals surface area contributed by atoms with Crippen molar-refractivity contribution in [1.82, 2.24) is 24.5 Å². The minimum Gasteiger partial charge on any atom is -0.336 e. The van der Waals surface area contributed by atoms with Gasteiger partial charge in [-0.25, -0.2) is 0 Å². The average molecular weight is 481 g/mol. The molecular formula is C18H19Br2N5O. The first-order chi connectivity index (χ1) is 12.5. The summed E-state index contributed by atoms with van der Waals surface area (Å²) in [7, 11) is 1.79. The van der Waals surface area contributed by atoms with Gasteiger partial charge in [-0.2, -0.15) is 10.2 Å². The Morgan fingerprint density at radius 1 is 1.23 bits per heavy atom. The molecule has 0 aliphatic rings. The number of aromatic nitrogens is 4. The Labute approximate surface area is 169 Å². The van der Waals surface area contributed by atoms with Crippen LogP contribution in [0.5, 0.6) is 0 Å². The van der Waals surface area contributed by atoms with Gasteiger partial charge < -0.3 is 4.90 Å². The van der Waals surface area contributed by atoms with Gasteiger partial charge in [0.1, 0.15) is 0 Å². The van der Waals surface area contributed by atoms with E-state index in [1.165, 1.54) is 0 Å². The van der Waals surface area contributed by atoms with Gasteiger partial charge in [0.05, 0.1) is 33.9 Å². The number of carbonyl (C=O) groups excluding carboxylic acids is 1. The zero-order valence-corrected chi connectivity index (χ0v) is 17.7. The molecule has 26 heavy (non-hydrogen) atoms. The third kappa shape index (κ3) is 4.42. The summed E-state index contributed by atoms with van der Waals surface area (Å²) in [4.78, 5) is 14.5. The second-order valence-electron chi connectivity index (χ2n) is 6.00. The zero-order valence-electron chi connectivity index (χ0n) is 14.6. The molecule has 0 aliphatic heterocycles. The van der Waals surface area contributed by atoms with Crippen molar-refractivity contribution in [3.63, 3.8) is 0 Å². The molecule has 0 spiro atoms.